The maximum Gasteiger partial charge on any atom is 0.243 e. The predicted octanol–water partition coefficient (Wildman–Crippen LogP) is 1.61. The highest BCUT2D eigenvalue weighted by Crippen LogP contribution is 2.24. The van der Waals surface area contributed by atoms with Crippen molar-refractivity contribution in [2.45, 2.75) is 30.8 Å². The first kappa shape index (κ1) is 14.4. The fourth-order valence-electron chi connectivity index (χ4n) is 2.68. The minimum absolute atomic E-state index is 0.0423. The third kappa shape index (κ3) is 2.66. The number of nitrogens with one attached hydrogen (secondary N) is 1. The van der Waals surface area contributed by atoms with Gasteiger partial charge in [-0.15, -0.1) is 0 Å². The van der Waals surface area contributed by atoms with Crippen molar-refractivity contribution >= 4 is 20.8 Å². The van der Waals surface area contributed by atoms with Gasteiger partial charge in [0.2, 0.25) is 10.0 Å². The van der Waals surface area contributed by atoms with Crippen LogP contribution in [0.5, 0.6) is 0 Å². The van der Waals surface area contributed by atoms with Gasteiger partial charge in [0.05, 0.1) is 4.90 Å². The van der Waals surface area contributed by atoms with E-state index in [9.17, 15) is 8.42 Å². The highest BCUT2D eigenvalue weighted by Gasteiger charge is 2.33. The molecule has 112 valence electrons. The Morgan fingerprint density at radius 2 is 2.05 bits per heavy atom. The van der Waals surface area contributed by atoms with Crippen LogP contribution in [0.2, 0.25) is 0 Å². The Hall–Kier alpha value is -1.50. The van der Waals surface area contributed by atoms with Crippen LogP contribution in [0.15, 0.2) is 41.6 Å². The van der Waals surface area contributed by atoms with E-state index in [0.29, 0.717) is 18.0 Å². The topological polar surface area (TPSA) is 62.3 Å². The van der Waals surface area contributed by atoms with E-state index in [2.05, 4.69) is 10.3 Å². The van der Waals surface area contributed by atoms with Gasteiger partial charge in [0, 0.05) is 43.0 Å². The molecule has 3 rings (SSSR count). The van der Waals surface area contributed by atoms with Crippen LogP contribution in [0.3, 0.4) is 0 Å². The number of fused-ring (bicyclic) bond motifs is 1. The van der Waals surface area contributed by atoms with Crippen LogP contribution >= 0.6 is 0 Å². The van der Waals surface area contributed by atoms with Crippen molar-refractivity contribution in [2.24, 2.45) is 0 Å². The van der Waals surface area contributed by atoms with Gasteiger partial charge in [0.25, 0.3) is 0 Å². The fourth-order valence-corrected chi connectivity index (χ4v) is 4.44. The Kier molecular flexibility index (Phi) is 3.69. The van der Waals surface area contributed by atoms with Crippen LogP contribution in [-0.2, 0) is 10.0 Å². The highest BCUT2D eigenvalue weighted by atomic mass is 32.2. The molecule has 0 amide bonds. The minimum atomic E-state index is -3.46. The van der Waals surface area contributed by atoms with E-state index in [1.807, 2.05) is 26.0 Å². The van der Waals surface area contributed by atoms with E-state index in [4.69, 9.17) is 0 Å². The molecule has 1 fully saturated rings. The molecular formula is C15H19N3O2S. The van der Waals surface area contributed by atoms with Crippen LogP contribution in [0.1, 0.15) is 13.8 Å². The van der Waals surface area contributed by atoms with Gasteiger partial charge < -0.3 is 5.32 Å². The Balaban J connectivity index is 2.03. The predicted molar refractivity (Wildman–Crippen MR) is 82.6 cm³/mol. The summed E-state index contributed by atoms with van der Waals surface area (Å²) in [7, 11) is -3.46. The maximum absolute atomic E-state index is 12.9. The molecule has 1 aliphatic heterocycles. The lowest BCUT2D eigenvalue weighted by Crippen LogP contribution is -2.56. The number of aromatic nitrogens is 1. The fraction of sp³-hybridized carbons (Fsp3) is 0.400. The summed E-state index contributed by atoms with van der Waals surface area (Å²) >= 11 is 0. The summed E-state index contributed by atoms with van der Waals surface area (Å²) in [6.45, 7) is 5.11. The zero-order valence-electron chi connectivity index (χ0n) is 12.2. The molecule has 1 aliphatic rings. The molecule has 0 bridgehead atoms. The second kappa shape index (κ2) is 5.36. The zero-order chi connectivity index (χ0) is 15.0. The molecule has 2 heterocycles. The van der Waals surface area contributed by atoms with E-state index < -0.39 is 10.0 Å². The minimum Gasteiger partial charge on any atom is -0.311 e. The van der Waals surface area contributed by atoms with Crippen LogP contribution < -0.4 is 5.32 Å². The van der Waals surface area contributed by atoms with Gasteiger partial charge in [-0.2, -0.15) is 4.31 Å². The van der Waals surface area contributed by atoms with E-state index in [1.54, 1.807) is 28.8 Å². The first-order valence-corrected chi connectivity index (χ1v) is 8.51. The first-order valence-electron chi connectivity index (χ1n) is 7.07. The number of hydrogen-bond acceptors (Lipinski definition) is 4. The van der Waals surface area contributed by atoms with Gasteiger partial charge in [-0.1, -0.05) is 6.07 Å². The largest absolute Gasteiger partial charge is 0.311 e. The molecule has 1 aromatic carbocycles. The molecule has 0 spiro atoms. The summed E-state index contributed by atoms with van der Waals surface area (Å²) in [6.07, 6.45) is 3.41. The third-order valence-electron chi connectivity index (χ3n) is 3.93. The summed E-state index contributed by atoms with van der Waals surface area (Å²) in [6, 6.07) is 7.16. The smallest absolute Gasteiger partial charge is 0.243 e. The average Bonchev–Trinajstić information content (AvgIpc) is 2.49. The lowest BCUT2D eigenvalue weighted by Gasteiger charge is -2.36. The lowest BCUT2D eigenvalue weighted by atomic mass is 10.2. The molecule has 2 atom stereocenters. The molecular weight excluding hydrogens is 286 g/mol. The third-order valence-corrected chi connectivity index (χ3v) is 5.90. The summed E-state index contributed by atoms with van der Waals surface area (Å²) in [4.78, 5) is 4.40. The highest BCUT2D eigenvalue weighted by molar-refractivity contribution is 7.89. The van der Waals surface area contributed by atoms with Crippen molar-refractivity contribution in [2.75, 3.05) is 13.1 Å². The molecule has 1 aromatic heterocycles. The van der Waals surface area contributed by atoms with Crippen molar-refractivity contribution in [1.29, 1.82) is 0 Å². The summed E-state index contributed by atoms with van der Waals surface area (Å²) in [5.41, 5.74) is 0. The molecule has 1 saturated heterocycles. The number of benzene rings is 1. The molecule has 0 radical (unpaired) electrons. The summed E-state index contributed by atoms with van der Waals surface area (Å²) in [5, 5.41) is 5.13. The number of nitrogens with zero attached hydrogens (tertiary/aromatic N) is 2. The number of piperazine rings is 1. The van der Waals surface area contributed by atoms with E-state index in [-0.39, 0.29) is 12.1 Å². The summed E-state index contributed by atoms with van der Waals surface area (Å²) < 4.78 is 27.3. The lowest BCUT2D eigenvalue weighted by molar-refractivity contribution is 0.244. The molecule has 6 heteroatoms. The van der Waals surface area contributed by atoms with Crippen molar-refractivity contribution in [3.8, 4) is 0 Å². The van der Waals surface area contributed by atoms with Crippen molar-refractivity contribution in [1.82, 2.24) is 14.6 Å². The average molecular weight is 305 g/mol. The second-order valence-corrected chi connectivity index (χ2v) is 7.51. The number of hydrogen-bond donors (Lipinski definition) is 1. The van der Waals surface area contributed by atoms with Gasteiger partial charge in [0.1, 0.15) is 0 Å². The Labute approximate surface area is 125 Å². The van der Waals surface area contributed by atoms with Gasteiger partial charge in [-0.05, 0) is 37.4 Å². The number of rotatable bonds is 2. The van der Waals surface area contributed by atoms with Crippen molar-refractivity contribution < 1.29 is 8.42 Å². The van der Waals surface area contributed by atoms with Crippen LogP contribution in [0.4, 0.5) is 0 Å². The number of pyridine rings is 1. The van der Waals surface area contributed by atoms with Gasteiger partial charge in [0.15, 0.2) is 0 Å². The normalized spacial score (nSPS) is 24.3. The van der Waals surface area contributed by atoms with E-state index >= 15 is 0 Å². The SMILES string of the molecule is C[C@H]1CN(S(=O)(=O)c2ccc3cnccc3c2)[C@@H](C)CN1. The molecule has 0 unspecified atom stereocenters. The second-order valence-electron chi connectivity index (χ2n) is 5.62. The maximum atomic E-state index is 12.9. The van der Waals surface area contributed by atoms with Gasteiger partial charge >= 0.3 is 0 Å². The monoisotopic (exact) mass is 305 g/mol. The number of sulfonamides is 1. The first-order chi connectivity index (χ1) is 9.98. The van der Waals surface area contributed by atoms with Gasteiger partial charge in [-0.3, -0.25) is 4.98 Å². The Morgan fingerprint density at radius 1 is 1.24 bits per heavy atom. The van der Waals surface area contributed by atoms with Gasteiger partial charge in [-0.25, -0.2) is 8.42 Å². The molecule has 1 N–H and O–H groups in total. The molecule has 21 heavy (non-hydrogen) atoms. The molecule has 2 aromatic rings. The standard InChI is InChI=1S/C15H19N3O2S/c1-11-10-18(12(2)8-17-11)21(19,20)15-4-3-14-9-16-6-5-13(14)7-15/h3-7,9,11-12,17H,8,10H2,1-2H3/t11-,12-/m0/s1. The zero-order valence-corrected chi connectivity index (χ0v) is 13.0. The van der Waals surface area contributed by atoms with Crippen molar-refractivity contribution in [3.05, 3.63) is 36.7 Å². The molecule has 0 aliphatic carbocycles. The van der Waals surface area contributed by atoms with E-state index in [0.717, 1.165) is 10.8 Å². The Bertz CT molecular complexity index is 760. The summed E-state index contributed by atoms with van der Waals surface area (Å²) in [5.74, 6) is 0. The van der Waals surface area contributed by atoms with E-state index in [1.165, 1.54) is 0 Å². The Morgan fingerprint density at radius 3 is 2.86 bits per heavy atom. The molecule has 0 saturated carbocycles. The van der Waals surface area contributed by atoms with Crippen LogP contribution in [0.25, 0.3) is 10.8 Å². The molecule has 5 nitrogen and oxygen atoms in total. The van der Waals surface area contributed by atoms with Crippen LogP contribution in [0, 0.1) is 0 Å². The van der Waals surface area contributed by atoms with Crippen molar-refractivity contribution in [3.63, 3.8) is 0 Å². The van der Waals surface area contributed by atoms with Crippen LogP contribution in [-0.4, -0.2) is 42.9 Å². The quantitative estimate of drug-likeness (QED) is 0.915.